The topological polar surface area (TPSA) is 65.1 Å². The van der Waals surface area contributed by atoms with Crippen molar-refractivity contribution in [3.8, 4) is 0 Å². The van der Waals surface area contributed by atoms with Crippen molar-refractivity contribution in [3.05, 3.63) is 35.9 Å². The van der Waals surface area contributed by atoms with E-state index in [9.17, 15) is 9.59 Å². The molecule has 0 N–H and O–H groups in total. The van der Waals surface area contributed by atoms with Gasteiger partial charge in [-0.1, -0.05) is 30.3 Å². The summed E-state index contributed by atoms with van der Waals surface area (Å²) < 4.78 is 15.3. The summed E-state index contributed by atoms with van der Waals surface area (Å²) in [5.74, 6) is -0.742. The summed E-state index contributed by atoms with van der Waals surface area (Å²) in [6, 6.07) is 8.46. The van der Waals surface area contributed by atoms with Gasteiger partial charge in [0.25, 0.3) is 5.91 Å². The highest BCUT2D eigenvalue weighted by Crippen LogP contribution is 2.22. The first-order valence-corrected chi connectivity index (χ1v) is 6.72. The normalized spacial score (nSPS) is 19.9. The zero-order valence-corrected chi connectivity index (χ0v) is 12.2. The van der Waals surface area contributed by atoms with E-state index in [0.29, 0.717) is 13.2 Å². The SMILES string of the molecule is COC(=O)C1COCCN1C(=O)C(OC)c1ccccc1. The van der Waals surface area contributed by atoms with Crippen LogP contribution in [0.1, 0.15) is 11.7 Å². The molecule has 1 fully saturated rings. The Balaban J connectivity index is 2.21. The molecule has 0 aromatic heterocycles. The van der Waals surface area contributed by atoms with Crippen LogP contribution in [0.2, 0.25) is 0 Å². The van der Waals surface area contributed by atoms with Gasteiger partial charge in [0.15, 0.2) is 12.1 Å². The Labute approximate surface area is 123 Å². The summed E-state index contributed by atoms with van der Waals surface area (Å²) in [5.41, 5.74) is 0.750. The van der Waals surface area contributed by atoms with Crippen molar-refractivity contribution in [3.63, 3.8) is 0 Å². The minimum absolute atomic E-state index is 0.142. The number of ether oxygens (including phenoxy) is 3. The maximum Gasteiger partial charge on any atom is 0.331 e. The van der Waals surface area contributed by atoms with Gasteiger partial charge in [0.1, 0.15) is 0 Å². The molecular weight excluding hydrogens is 274 g/mol. The number of esters is 1. The van der Waals surface area contributed by atoms with Gasteiger partial charge in [-0.05, 0) is 5.56 Å². The van der Waals surface area contributed by atoms with Crippen LogP contribution in [0.25, 0.3) is 0 Å². The number of carbonyl (C=O) groups is 2. The molecule has 2 unspecified atom stereocenters. The molecule has 0 radical (unpaired) electrons. The van der Waals surface area contributed by atoms with Gasteiger partial charge in [0, 0.05) is 13.7 Å². The van der Waals surface area contributed by atoms with Crippen LogP contribution in [0, 0.1) is 0 Å². The van der Waals surface area contributed by atoms with Crippen LogP contribution in [-0.4, -0.2) is 56.8 Å². The molecule has 21 heavy (non-hydrogen) atoms. The van der Waals surface area contributed by atoms with Crippen LogP contribution in [0.15, 0.2) is 30.3 Å². The minimum Gasteiger partial charge on any atom is -0.467 e. The Hall–Kier alpha value is -1.92. The number of methoxy groups -OCH3 is 2. The summed E-state index contributed by atoms with van der Waals surface area (Å²) in [6.45, 7) is 0.874. The molecule has 1 aliphatic rings. The quantitative estimate of drug-likeness (QED) is 0.767. The van der Waals surface area contributed by atoms with Gasteiger partial charge in [-0.3, -0.25) is 4.79 Å². The number of hydrogen-bond donors (Lipinski definition) is 0. The predicted molar refractivity (Wildman–Crippen MR) is 74.5 cm³/mol. The zero-order chi connectivity index (χ0) is 15.2. The molecule has 0 saturated carbocycles. The smallest absolute Gasteiger partial charge is 0.331 e. The Bertz CT molecular complexity index is 490. The molecule has 1 saturated heterocycles. The minimum atomic E-state index is -0.739. The summed E-state index contributed by atoms with van der Waals surface area (Å²) in [4.78, 5) is 26.0. The van der Waals surface area contributed by atoms with Gasteiger partial charge >= 0.3 is 5.97 Å². The number of nitrogens with zero attached hydrogens (tertiary/aromatic N) is 1. The molecule has 1 amide bonds. The van der Waals surface area contributed by atoms with Crippen LogP contribution in [0.4, 0.5) is 0 Å². The summed E-state index contributed by atoms with van der Waals surface area (Å²) in [7, 11) is 2.77. The molecule has 1 aromatic carbocycles. The molecule has 1 heterocycles. The molecule has 1 aliphatic heterocycles. The highest BCUT2D eigenvalue weighted by atomic mass is 16.5. The van der Waals surface area contributed by atoms with E-state index in [1.165, 1.54) is 19.1 Å². The van der Waals surface area contributed by atoms with Crippen molar-refractivity contribution in [1.82, 2.24) is 4.90 Å². The van der Waals surface area contributed by atoms with Gasteiger partial charge in [0.2, 0.25) is 0 Å². The number of hydrogen-bond acceptors (Lipinski definition) is 5. The third kappa shape index (κ3) is 3.40. The summed E-state index contributed by atoms with van der Waals surface area (Å²) in [5, 5.41) is 0. The monoisotopic (exact) mass is 293 g/mol. The van der Waals surface area contributed by atoms with E-state index in [0.717, 1.165) is 5.56 Å². The maximum atomic E-state index is 12.7. The third-order valence-electron chi connectivity index (χ3n) is 3.45. The van der Waals surface area contributed by atoms with Crippen LogP contribution < -0.4 is 0 Å². The van der Waals surface area contributed by atoms with Gasteiger partial charge in [-0.2, -0.15) is 0 Å². The van der Waals surface area contributed by atoms with Crippen molar-refractivity contribution < 1.29 is 23.8 Å². The first kappa shape index (κ1) is 15.5. The molecule has 6 heteroatoms. The lowest BCUT2D eigenvalue weighted by atomic mass is 10.1. The molecule has 2 rings (SSSR count). The summed E-state index contributed by atoms with van der Waals surface area (Å²) >= 11 is 0. The van der Waals surface area contributed by atoms with E-state index in [2.05, 4.69) is 0 Å². The zero-order valence-electron chi connectivity index (χ0n) is 12.2. The van der Waals surface area contributed by atoms with Gasteiger partial charge in [-0.15, -0.1) is 0 Å². The molecule has 6 nitrogen and oxygen atoms in total. The van der Waals surface area contributed by atoms with Crippen molar-refractivity contribution in [2.24, 2.45) is 0 Å². The first-order valence-electron chi connectivity index (χ1n) is 6.72. The Morgan fingerprint density at radius 2 is 2.00 bits per heavy atom. The van der Waals surface area contributed by atoms with Gasteiger partial charge in [-0.25, -0.2) is 4.79 Å². The fourth-order valence-corrected chi connectivity index (χ4v) is 2.36. The molecule has 0 spiro atoms. The second kappa shape index (κ2) is 7.19. The summed E-state index contributed by atoms with van der Waals surface area (Å²) in [6.07, 6.45) is -0.739. The first-order chi connectivity index (χ1) is 10.2. The Morgan fingerprint density at radius 1 is 1.29 bits per heavy atom. The Morgan fingerprint density at radius 3 is 2.62 bits per heavy atom. The standard InChI is InChI=1S/C15H19NO5/c1-19-13(11-6-4-3-5-7-11)14(17)16-8-9-21-10-12(16)15(18)20-2/h3-7,12-13H,8-10H2,1-2H3. The lowest BCUT2D eigenvalue weighted by Crippen LogP contribution is -2.54. The number of rotatable bonds is 4. The second-order valence-electron chi connectivity index (χ2n) is 4.67. The number of carbonyl (C=O) groups excluding carboxylic acids is 2. The van der Waals surface area contributed by atoms with Crippen LogP contribution in [0.3, 0.4) is 0 Å². The number of morpholine rings is 1. The average molecular weight is 293 g/mol. The van der Waals surface area contributed by atoms with E-state index >= 15 is 0 Å². The van der Waals surface area contributed by atoms with Crippen molar-refractivity contribution in [2.45, 2.75) is 12.1 Å². The van der Waals surface area contributed by atoms with E-state index < -0.39 is 18.1 Å². The molecular formula is C15H19NO5. The molecule has 114 valence electrons. The molecule has 2 atom stereocenters. The van der Waals surface area contributed by atoms with Gasteiger partial charge < -0.3 is 19.1 Å². The Kier molecular flexibility index (Phi) is 5.30. The van der Waals surface area contributed by atoms with Crippen LogP contribution >= 0.6 is 0 Å². The van der Waals surface area contributed by atoms with Crippen molar-refractivity contribution >= 4 is 11.9 Å². The largest absolute Gasteiger partial charge is 0.467 e. The maximum absolute atomic E-state index is 12.7. The average Bonchev–Trinajstić information content (AvgIpc) is 2.55. The molecule has 1 aromatic rings. The second-order valence-corrected chi connectivity index (χ2v) is 4.67. The van der Waals surface area contributed by atoms with Crippen LogP contribution in [0.5, 0.6) is 0 Å². The van der Waals surface area contributed by atoms with E-state index in [4.69, 9.17) is 14.2 Å². The van der Waals surface area contributed by atoms with Crippen molar-refractivity contribution in [2.75, 3.05) is 34.0 Å². The predicted octanol–water partition coefficient (Wildman–Crippen LogP) is 0.774. The van der Waals surface area contributed by atoms with Gasteiger partial charge in [0.05, 0.1) is 20.3 Å². The highest BCUT2D eigenvalue weighted by molar-refractivity contribution is 5.88. The van der Waals surface area contributed by atoms with E-state index in [-0.39, 0.29) is 12.5 Å². The third-order valence-corrected chi connectivity index (χ3v) is 3.45. The molecule has 0 bridgehead atoms. The van der Waals surface area contributed by atoms with E-state index in [1.54, 1.807) is 0 Å². The van der Waals surface area contributed by atoms with Crippen molar-refractivity contribution in [1.29, 1.82) is 0 Å². The number of amides is 1. The van der Waals surface area contributed by atoms with E-state index in [1.807, 2.05) is 30.3 Å². The fourth-order valence-electron chi connectivity index (χ4n) is 2.36. The lowest BCUT2D eigenvalue weighted by molar-refractivity contribution is -0.165. The highest BCUT2D eigenvalue weighted by Gasteiger charge is 2.37. The fraction of sp³-hybridized carbons (Fsp3) is 0.467. The lowest BCUT2D eigenvalue weighted by Gasteiger charge is -2.35. The van der Waals surface area contributed by atoms with Crippen LogP contribution in [-0.2, 0) is 23.8 Å². The number of benzene rings is 1. The molecule has 0 aliphatic carbocycles.